The van der Waals surface area contributed by atoms with Crippen LogP contribution in [-0.2, 0) is 4.74 Å². The van der Waals surface area contributed by atoms with Crippen LogP contribution in [-0.4, -0.2) is 31.1 Å². The zero-order valence-electron chi connectivity index (χ0n) is 10.2. The summed E-state index contributed by atoms with van der Waals surface area (Å²) in [5.74, 6) is -1.24. The molecule has 92 valence electrons. The number of carbonyl (C=O) groups excluding carboxylic acids is 2. The van der Waals surface area contributed by atoms with Crippen molar-refractivity contribution in [1.82, 2.24) is 0 Å². The first-order chi connectivity index (χ1) is 7.93. The first-order valence-electron chi connectivity index (χ1n) is 4.93. The maximum absolute atomic E-state index is 11.5. The fraction of sp³-hybridized carbons (Fsp3) is 0.333. The van der Waals surface area contributed by atoms with Crippen molar-refractivity contribution in [1.29, 1.82) is 0 Å². The summed E-state index contributed by atoms with van der Waals surface area (Å²) in [5.41, 5.74) is 0.452. The fourth-order valence-electron chi connectivity index (χ4n) is 1.63. The highest BCUT2D eigenvalue weighted by atomic mass is 16.5. The lowest BCUT2D eigenvalue weighted by Crippen LogP contribution is -2.09. The van der Waals surface area contributed by atoms with E-state index in [0.717, 1.165) is 0 Å². The van der Waals surface area contributed by atoms with Crippen LogP contribution in [0.2, 0.25) is 0 Å². The minimum atomic E-state index is -0.690. The monoisotopic (exact) mass is 238 g/mol. The van der Waals surface area contributed by atoms with Gasteiger partial charge in [-0.3, -0.25) is 4.79 Å². The number of methoxy groups -OCH3 is 2. The van der Waals surface area contributed by atoms with Crippen LogP contribution < -0.4 is 4.74 Å². The van der Waals surface area contributed by atoms with E-state index in [4.69, 9.17) is 4.74 Å². The Hall–Kier alpha value is -2.04. The van der Waals surface area contributed by atoms with E-state index in [2.05, 4.69) is 4.74 Å². The molecule has 17 heavy (non-hydrogen) atoms. The lowest BCUT2D eigenvalue weighted by molar-refractivity contribution is 0.0596. The Bertz CT molecular complexity index is 476. The Morgan fingerprint density at radius 1 is 1.24 bits per heavy atom. The summed E-state index contributed by atoms with van der Waals surface area (Å²) < 4.78 is 9.56. The van der Waals surface area contributed by atoms with Gasteiger partial charge in [0.25, 0.3) is 0 Å². The van der Waals surface area contributed by atoms with Crippen LogP contribution in [0.1, 0.15) is 33.2 Å². The smallest absolute Gasteiger partial charge is 0.341 e. The second kappa shape index (κ2) is 4.86. The first kappa shape index (κ1) is 13.0. The number of phenolic OH excluding ortho intramolecular Hbond substituents is 1. The van der Waals surface area contributed by atoms with Crippen LogP contribution in [0, 0.1) is 6.92 Å². The molecule has 1 aromatic carbocycles. The number of ketones is 1. The highest BCUT2D eigenvalue weighted by molar-refractivity contribution is 6.05. The van der Waals surface area contributed by atoms with E-state index in [0.29, 0.717) is 5.56 Å². The van der Waals surface area contributed by atoms with Gasteiger partial charge in [0.1, 0.15) is 22.6 Å². The second-order valence-corrected chi connectivity index (χ2v) is 3.54. The predicted molar refractivity (Wildman–Crippen MR) is 60.7 cm³/mol. The Morgan fingerprint density at radius 2 is 1.82 bits per heavy atom. The van der Waals surface area contributed by atoms with Crippen molar-refractivity contribution in [3.8, 4) is 11.5 Å². The van der Waals surface area contributed by atoms with Gasteiger partial charge in [-0.1, -0.05) is 0 Å². The van der Waals surface area contributed by atoms with Crippen molar-refractivity contribution < 1.29 is 24.2 Å². The molecule has 0 fully saturated rings. The molecule has 0 heterocycles. The number of aryl methyl sites for hydroxylation is 1. The molecule has 1 aromatic rings. The van der Waals surface area contributed by atoms with Crippen molar-refractivity contribution in [2.75, 3.05) is 14.2 Å². The third kappa shape index (κ3) is 2.22. The summed E-state index contributed by atoms with van der Waals surface area (Å²) in [6, 6.07) is 1.52. The topological polar surface area (TPSA) is 72.8 Å². The average molecular weight is 238 g/mol. The van der Waals surface area contributed by atoms with Crippen LogP contribution in [0.3, 0.4) is 0 Å². The van der Waals surface area contributed by atoms with Gasteiger partial charge in [-0.2, -0.15) is 0 Å². The Balaban J connectivity index is 3.60. The molecule has 0 unspecified atom stereocenters. The second-order valence-electron chi connectivity index (χ2n) is 3.54. The summed E-state index contributed by atoms with van der Waals surface area (Å²) >= 11 is 0. The maximum Gasteiger partial charge on any atom is 0.341 e. The van der Waals surface area contributed by atoms with Gasteiger partial charge in [-0.25, -0.2) is 4.79 Å². The van der Waals surface area contributed by atoms with E-state index in [1.165, 1.54) is 27.2 Å². The summed E-state index contributed by atoms with van der Waals surface area (Å²) in [4.78, 5) is 22.9. The number of hydrogen-bond donors (Lipinski definition) is 1. The predicted octanol–water partition coefficient (Wildman–Crippen LogP) is 1.70. The molecule has 0 bridgehead atoms. The molecule has 0 aliphatic carbocycles. The van der Waals surface area contributed by atoms with Gasteiger partial charge < -0.3 is 14.6 Å². The Morgan fingerprint density at radius 3 is 2.24 bits per heavy atom. The van der Waals surface area contributed by atoms with E-state index in [1.54, 1.807) is 6.92 Å². The number of ether oxygens (including phenoxy) is 2. The van der Waals surface area contributed by atoms with Crippen LogP contribution in [0.15, 0.2) is 6.07 Å². The molecule has 5 nitrogen and oxygen atoms in total. The molecule has 0 atom stereocenters. The third-order valence-corrected chi connectivity index (χ3v) is 2.42. The van der Waals surface area contributed by atoms with E-state index in [1.807, 2.05) is 0 Å². The van der Waals surface area contributed by atoms with Gasteiger partial charge in [0, 0.05) is 0 Å². The highest BCUT2D eigenvalue weighted by Crippen LogP contribution is 2.34. The van der Waals surface area contributed by atoms with Gasteiger partial charge >= 0.3 is 5.97 Å². The van der Waals surface area contributed by atoms with Crippen LogP contribution >= 0.6 is 0 Å². The minimum Gasteiger partial charge on any atom is -0.506 e. The molecule has 0 amide bonds. The number of benzene rings is 1. The molecule has 5 heteroatoms. The van der Waals surface area contributed by atoms with Gasteiger partial charge in [-0.15, -0.1) is 0 Å². The quantitative estimate of drug-likeness (QED) is 0.641. The normalized spacial score (nSPS) is 9.88. The summed E-state index contributed by atoms with van der Waals surface area (Å²) in [5, 5.41) is 9.95. The lowest BCUT2D eigenvalue weighted by atomic mass is 9.99. The first-order valence-corrected chi connectivity index (χ1v) is 4.93. The molecule has 0 aliphatic rings. The number of aromatic hydroxyl groups is 1. The van der Waals surface area contributed by atoms with E-state index < -0.39 is 11.7 Å². The van der Waals surface area contributed by atoms with Gasteiger partial charge in [-0.05, 0) is 25.5 Å². The maximum atomic E-state index is 11.5. The molecule has 1 rings (SSSR count). The Kier molecular flexibility index (Phi) is 3.73. The molecular weight excluding hydrogens is 224 g/mol. The third-order valence-electron chi connectivity index (χ3n) is 2.42. The minimum absolute atomic E-state index is 0.0153. The average Bonchev–Trinajstić information content (AvgIpc) is 2.26. The van der Waals surface area contributed by atoms with Gasteiger partial charge in [0.2, 0.25) is 0 Å². The molecule has 1 N–H and O–H groups in total. The highest BCUT2D eigenvalue weighted by Gasteiger charge is 2.24. The van der Waals surface area contributed by atoms with E-state index in [-0.39, 0.29) is 22.7 Å². The number of Topliss-reactive ketones (excluding diaryl/α,β-unsaturated/α-hetero) is 1. The summed E-state index contributed by atoms with van der Waals surface area (Å²) in [6.45, 7) is 2.91. The SMILES string of the molecule is COC(=O)c1c(C)cc(OC)c(C(C)=O)c1O. The van der Waals surface area contributed by atoms with Crippen molar-refractivity contribution in [3.05, 3.63) is 22.8 Å². The van der Waals surface area contributed by atoms with E-state index in [9.17, 15) is 14.7 Å². The van der Waals surface area contributed by atoms with Crippen molar-refractivity contribution in [2.24, 2.45) is 0 Å². The van der Waals surface area contributed by atoms with Crippen molar-refractivity contribution in [2.45, 2.75) is 13.8 Å². The molecule has 0 radical (unpaired) electrons. The zero-order chi connectivity index (χ0) is 13.2. The molecule has 0 spiro atoms. The zero-order valence-corrected chi connectivity index (χ0v) is 10.2. The molecule has 0 aromatic heterocycles. The number of rotatable bonds is 3. The number of esters is 1. The summed E-state index contributed by atoms with van der Waals surface area (Å²) in [7, 11) is 2.59. The van der Waals surface area contributed by atoms with Crippen LogP contribution in [0.25, 0.3) is 0 Å². The molecule has 0 saturated heterocycles. The number of carbonyl (C=O) groups is 2. The number of phenols is 1. The molecule has 0 saturated carbocycles. The Labute approximate surface area is 99.0 Å². The fourth-order valence-corrected chi connectivity index (χ4v) is 1.63. The van der Waals surface area contributed by atoms with Gasteiger partial charge in [0.05, 0.1) is 14.2 Å². The van der Waals surface area contributed by atoms with Crippen molar-refractivity contribution in [3.63, 3.8) is 0 Å². The van der Waals surface area contributed by atoms with E-state index >= 15 is 0 Å². The largest absolute Gasteiger partial charge is 0.506 e. The van der Waals surface area contributed by atoms with Gasteiger partial charge in [0.15, 0.2) is 5.78 Å². The summed E-state index contributed by atoms with van der Waals surface area (Å²) in [6.07, 6.45) is 0. The standard InChI is InChI=1S/C12H14O5/c1-6-5-8(16-3)10(7(2)13)11(14)9(6)12(15)17-4/h5,14H,1-4H3. The lowest BCUT2D eigenvalue weighted by Gasteiger charge is -2.13. The molecular formula is C12H14O5. The molecule has 0 aliphatic heterocycles. The van der Waals surface area contributed by atoms with Crippen molar-refractivity contribution >= 4 is 11.8 Å². The van der Waals surface area contributed by atoms with Crippen LogP contribution in [0.5, 0.6) is 11.5 Å². The van der Waals surface area contributed by atoms with Crippen LogP contribution in [0.4, 0.5) is 0 Å². The number of hydrogen-bond acceptors (Lipinski definition) is 5.